The molecule has 0 aliphatic carbocycles. The summed E-state index contributed by atoms with van der Waals surface area (Å²) in [6.45, 7) is 12.8. The van der Waals surface area contributed by atoms with Gasteiger partial charge in [0.05, 0.1) is 16.3 Å². The molecule has 2 aromatic heterocycles. The first-order chi connectivity index (χ1) is 13.2. The molecule has 3 rings (SSSR count). The lowest BCUT2D eigenvalue weighted by Gasteiger charge is -2.36. The summed E-state index contributed by atoms with van der Waals surface area (Å²) in [5, 5.41) is 3.46. The Morgan fingerprint density at radius 1 is 1.36 bits per heavy atom. The van der Waals surface area contributed by atoms with Gasteiger partial charge in [0.2, 0.25) is 0 Å². The van der Waals surface area contributed by atoms with Gasteiger partial charge in [0, 0.05) is 19.3 Å². The average Bonchev–Trinajstić information content (AvgIpc) is 3.07. The maximum Gasteiger partial charge on any atom is 0.255 e. The van der Waals surface area contributed by atoms with Crippen LogP contribution >= 0.6 is 11.6 Å². The molecule has 6 nitrogen and oxygen atoms in total. The molecule has 0 spiro atoms. The van der Waals surface area contributed by atoms with Crippen molar-refractivity contribution in [1.82, 2.24) is 19.6 Å². The van der Waals surface area contributed by atoms with Gasteiger partial charge in [0.1, 0.15) is 5.82 Å². The van der Waals surface area contributed by atoms with E-state index in [4.69, 9.17) is 17.3 Å². The molecule has 1 aliphatic heterocycles. The number of likely N-dealkylation sites (tertiary alicyclic amines) is 1. The number of hydrogen-bond acceptors (Lipinski definition) is 4. The number of nitrogens with two attached hydrogens (primary N) is 1. The Morgan fingerprint density at radius 2 is 2.04 bits per heavy atom. The van der Waals surface area contributed by atoms with E-state index >= 15 is 0 Å². The molecule has 7 heteroatoms. The van der Waals surface area contributed by atoms with E-state index in [1.165, 1.54) is 0 Å². The topological polar surface area (TPSA) is 75.7 Å². The van der Waals surface area contributed by atoms with Gasteiger partial charge in [-0.1, -0.05) is 39.3 Å². The van der Waals surface area contributed by atoms with Gasteiger partial charge in [0.15, 0.2) is 5.65 Å². The van der Waals surface area contributed by atoms with Crippen LogP contribution in [0.15, 0.2) is 12.3 Å². The molecule has 1 saturated heterocycles. The maximum atomic E-state index is 12.8. The highest BCUT2D eigenvalue weighted by molar-refractivity contribution is 6.33. The van der Waals surface area contributed by atoms with Gasteiger partial charge < -0.3 is 16.0 Å². The van der Waals surface area contributed by atoms with E-state index < -0.39 is 0 Å². The van der Waals surface area contributed by atoms with Crippen LogP contribution in [0.4, 0.5) is 5.82 Å². The normalized spacial score (nSPS) is 16.6. The zero-order valence-electron chi connectivity index (χ0n) is 17.4. The molecule has 3 N–H and O–H groups in total. The highest BCUT2D eigenvalue weighted by Gasteiger charge is 2.24. The van der Waals surface area contributed by atoms with Gasteiger partial charge in [-0.15, -0.1) is 0 Å². The predicted molar refractivity (Wildman–Crippen MR) is 115 cm³/mol. The molecule has 0 unspecified atom stereocenters. The van der Waals surface area contributed by atoms with Crippen LogP contribution in [0.5, 0.6) is 0 Å². The fraction of sp³-hybridized carbons (Fsp3) is 0.619. The smallest absolute Gasteiger partial charge is 0.255 e. The number of aryl methyl sites for hydroxylation is 1. The second kappa shape index (κ2) is 8.29. The number of anilines is 1. The van der Waals surface area contributed by atoms with E-state index in [9.17, 15) is 4.79 Å². The number of pyridine rings is 1. The molecule has 1 amide bonds. The lowest BCUT2D eigenvalue weighted by atomic mass is 9.92. The van der Waals surface area contributed by atoms with Gasteiger partial charge in [0.25, 0.3) is 5.91 Å². The fourth-order valence-corrected chi connectivity index (χ4v) is 4.07. The average molecular weight is 406 g/mol. The van der Waals surface area contributed by atoms with E-state index in [1.807, 2.05) is 13.1 Å². The van der Waals surface area contributed by atoms with Crippen molar-refractivity contribution in [2.75, 3.05) is 31.9 Å². The van der Waals surface area contributed by atoms with Crippen molar-refractivity contribution in [2.45, 2.75) is 47.0 Å². The molecular formula is C21H32ClN5O. The summed E-state index contributed by atoms with van der Waals surface area (Å²) in [5.41, 5.74) is 8.30. The Bertz CT molecular complexity index is 847. The van der Waals surface area contributed by atoms with Crippen molar-refractivity contribution >= 4 is 29.0 Å². The SMILES string of the molecule is CCc1cn2c(N)c(Cl)cc(C(=O)NCC3CCN(CC(C)(C)C)CC3)c2n1. The molecule has 0 radical (unpaired) electrons. The zero-order valence-corrected chi connectivity index (χ0v) is 18.1. The summed E-state index contributed by atoms with van der Waals surface area (Å²) >= 11 is 6.25. The number of rotatable bonds is 5. The third kappa shape index (κ3) is 4.78. The number of carbonyl (C=O) groups is 1. The molecule has 3 heterocycles. The predicted octanol–water partition coefficient (Wildman–Crippen LogP) is 3.62. The van der Waals surface area contributed by atoms with E-state index in [0.29, 0.717) is 39.9 Å². The maximum absolute atomic E-state index is 12.8. The van der Waals surface area contributed by atoms with E-state index in [1.54, 1.807) is 10.5 Å². The number of hydrogen-bond donors (Lipinski definition) is 2. The Kier molecular flexibility index (Phi) is 6.20. The molecule has 0 atom stereocenters. The van der Waals surface area contributed by atoms with Crippen LogP contribution in [0.2, 0.25) is 5.02 Å². The molecule has 0 aromatic carbocycles. The van der Waals surface area contributed by atoms with Crippen molar-refractivity contribution in [3.05, 3.63) is 28.5 Å². The highest BCUT2D eigenvalue weighted by atomic mass is 35.5. The Balaban J connectivity index is 1.63. The Labute approximate surface area is 172 Å². The van der Waals surface area contributed by atoms with Crippen LogP contribution in [-0.4, -0.2) is 46.4 Å². The number of halogens is 1. The lowest BCUT2D eigenvalue weighted by Crippen LogP contribution is -2.41. The molecule has 154 valence electrons. The van der Waals surface area contributed by atoms with Gasteiger partial charge in [-0.25, -0.2) is 4.98 Å². The monoisotopic (exact) mass is 405 g/mol. The zero-order chi connectivity index (χ0) is 20.5. The summed E-state index contributed by atoms with van der Waals surface area (Å²) < 4.78 is 1.71. The standard InChI is InChI=1S/C21H32ClN5O/c1-5-15-12-27-18(23)17(22)10-16(19(27)25-15)20(28)24-11-14-6-8-26(9-7-14)13-21(2,3)4/h10,12,14H,5-9,11,13,23H2,1-4H3,(H,24,28). The minimum Gasteiger partial charge on any atom is -0.384 e. The quantitative estimate of drug-likeness (QED) is 0.796. The van der Waals surface area contributed by atoms with Crippen LogP contribution in [0.1, 0.15) is 56.6 Å². The molecular weight excluding hydrogens is 374 g/mol. The largest absolute Gasteiger partial charge is 0.384 e. The van der Waals surface area contributed by atoms with E-state index in [-0.39, 0.29) is 5.91 Å². The minimum absolute atomic E-state index is 0.141. The second-order valence-electron chi connectivity index (χ2n) is 9.06. The summed E-state index contributed by atoms with van der Waals surface area (Å²) in [4.78, 5) is 19.9. The van der Waals surface area contributed by atoms with Crippen molar-refractivity contribution < 1.29 is 4.79 Å². The van der Waals surface area contributed by atoms with Crippen LogP contribution < -0.4 is 11.1 Å². The summed E-state index contributed by atoms with van der Waals surface area (Å²) in [6.07, 6.45) is 4.83. The lowest BCUT2D eigenvalue weighted by molar-refractivity contribution is 0.0929. The minimum atomic E-state index is -0.141. The number of piperidine rings is 1. The number of fused-ring (bicyclic) bond motifs is 1. The first-order valence-electron chi connectivity index (χ1n) is 10.1. The van der Waals surface area contributed by atoms with Gasteiger partial charge in [-0.05, 0) is 49.8 Å². The van der Waals surface area contributed by atoms with Crippen molar-refractivity contribution in [1.29, 1.82) is 0 Å². The highest BCUT2D eigenvalue weighted by Crippen LogP contribution is 2.25. The third-order valence-corrected chi connectivity index (χ3v) is 5.64. The molecule has 2 aromatic rings. The number of nitrogens with zero attached hydrogens (tertiary/aromatic N) is 3. The third-order valence-electron chi connectivity index (χ3n) is 5.34. The first-order valence-corrected chi connectivity index (χ1v) is 10.5. The van der Waals surface area contributed by atoms with Crippen molar-refractivity contribution in [2.24, 2.45) is 11.3 Å². The number of nitrogens with one attached hydrogen (secondary N) is 1. The summed E-state index contributed by atoms with van der Waals surface area (Å²) in [6, 6.07) is 1.62. The second-order valence-corrected chi connectivity index (χ2v) is 9.47. The Hall–Kier alpha value is -1.79. The van der Waals surface area contributed by atoms with Crippen molar-refractivity contribution in [3.8, 4) is 0 Å². The van der Waals surface area contributed by atoms with Crippen LogP contribution in [0.3, 0.4) is 0 Å². The number of carbonyl (C=O) groups excluding carboxylic acids is 1. The number of amides is 1. The molecule has 0 bridgehead atoms. The molecule has 28 heavy (non-hydrogen) atoms. The van der Waals surface area contributed by atoms with Crippen LogP contribution in [0, 0.1) is 11.3 Å². The molecule has 1 fully saturated rings. The first kappa shape index (κ1) is 20.9. The van der Waals surface area contributed by atoms with Crippen LogP contribution in [0.25, 0.3) is 5.65 Å². The fourth-order valence-electron chi connectivity index (χ4n) is 3.87. The van der Waals surface area contributed by atoms with Gasteiger partial charge in [-0.2, -0.15) is 0 Å². The van der Waals surface area contributed by atoms with Gasteiger partial charge >= 0.3 is 0 Å². The number of aromatic nitrogens is 2. The van der Waals surface area contributed by atoms with E-state index in [0.717, 1.165) is 44.6 Å². The van der Waals surface area contributed by atoms with Gasteiger partial charge in [-0.3, -0.25) is 9.20 Å². The van der Waals surface area contributed by atoms with Crippen LogP contribution in [-0.2, 0) is 6.42 Å². The van der Waals surface area contributed by atoms with E-state index in [2.05, 4.69) is 36.0 Å². The molecule has 0 saturated carbocycles. The number of nitrogen functional groups attached to an aromatic ring is 1. The summed E-state index contributed by atoms with van der Waals surface area (Å²) in [7, 11) is 0. The Morgan fingerprint density at radius 3 is 2.64 bits per heavy atom. The molecule has 1 aliphatic rings. The van der Waals surface area contributed by atoms with Crippen molar-refractivity contribution in [3.63, 3.8) is 0 Å². The summed E-state index contributed by atoms with van der Waals surface area (Å²) in [5.74, 6) is 0.773. The number of imidazole rings is 1.